The highest BCUT2D eigenvalue weighted by atomic mass is 35.5. The number of benzene rings is 2. The first-order chi connectivity index (χ1) is 19.9. The molecule has 3 heterocycles. The van der Waals surface area contributed by atoms with Crippen LogP contribution in [0.4, 0.5) is 0 Å². The molecule has 1 aliphatic rings. The number of para-hydroxylation sites is 1. The fraction of sp³-hybridized carbons (Fsp3) is 0.344. The molecule has 9 heteroatoms. The van der Waals surface area contributed by atoms with Crippen molar-refractivity contribution in [2.75, 3.05) is 19.7 Å². The third-order valence-corrected chi connectivity index (χ3v) is 8.60. The van der Waals surface area contributed by atoms with Crippen LogP contribution in [0.1, 0.15) is 46.4 Å². The van der Waals surface area contributed by atoms with E-state index in [4.69, 9.17) is 26.1 Å². The standard InChI is InChI=1S/C32H34ClN3O4S/c1-3-39-32(38)24-14-16-35(17-15-24)31(37)25-19-28(36(22(25)2)18-13-23-9-5-4-6-10-23)27-21-41-30(34-27)20-40-29-12-8-7-11-26(29)33/h4-12,19,21,24H,3,13-18,20H2,1-2H3. The number of nitrogens with zero attached hydrogens (tertiary/aromatic N) is 3. The molecule has 214 valence electrons. The number of rotatable bonds is 10. The van der Waals surface area contributed by atoms with Gasteiger partial charge in [-0.1, -0.05) is 54.1 Å². The minimum atomic E-state index is -0.164. The van der Waals surface area contributed by atoms with E-state index in [0.717, 1.165) is 28.5 Å². The summed E-state index contributed by atoms with van der Waals surface area (Å²) < 4.78 is 13.3. The molecular weight excluding hydrogens is 558 g/mol. The number of esters is 1. The van der Waals surface area contributed by atoms with Crippen LogP contribution in [-0.2, 0) is 29.1 Å². The van der Waals surface area contributed by atoms with Gasteiger partial charge in [-0.2, -0.15) is 0 Å². The van der Waals surface area contributed by atoms with Crippen molar-refractivity contribution in [3.8, 4) is 17.1 Å². The topological polar surface area (TPSA) is 73.7 Å². The van der Waals surface area contributed by atoms with E-state index in [1.54, 1.807) is 6.07 Å². The van der Waals surface area contributed by atoms with Crippen molar-refractivity contribution in [3.63, 3.8) is 0 Å². The van der Waals surface area contributed by atoms with Crippen LogP contribution in [0.3, 0.4) is 0 Å². The second-order valence-corrected chi connectivity index (χ2v) is 11.4. The van der Waals surface area contributed by atoms with Crippen molar-refractivity contribution in [2.45, 2.75) is 46.3 Å². The second kappa shape index (κ2) is 13.4. The van der Waals surface area contributed by atoms with Crippen molar-refractivity contribution in [3.05, 3.63) is 92.9 Å². The zero-order chi connectivity index (χ0) is 28.8. The number of piperidine rings is 1. The van der Waals surface area contributed by atoms with E-state index in [1.165, 1.54) is 16.9 Å². The summed E-state index contributed by atoms with van der Waals surface area (Å²) in [6, 6.07) is 19.7. The Morgan fingerprint density at radius 3 is 2.54 bits per heavy atom. The zero-order valence-electron chi connectivity index (χ0n) is 23.3. The molecule has 0 aliphatic carbocycles. The van der Waals surface area contributed by atoms with Crippen LogP contribution in [0, 0.1) is 12.8 Å². The van der Waals surface area contributed by atoms with Crippen LogP contribution in [0.15, 0.2) is 66.0 Å². The smallest absolute Gasteiger partial charge is 0.309 e. The molecule has 1 amide bonds. The second-order valence-electron chi connectivity index (χ2n) is 10.1. The first kappa shape index (κ1) is 28.9. The summed E-state index contributed by atoms with van der Waals surface area (Å²) in [6.45, 7) is 6.28. The molecule has 1 saturated heterocycles. The summed E-state index contributed by atoms with van der Waals surface area (Å²) in [4.78, 5) is 32.6. The number of aromatic nitrogens is 2. The number of halogens is 1. The average molecular weight is 592 g/mol. The molecule has 1 fully saturated rings. The van der Waals surface area contributed by atoms with Crippen molar-refractivity contribution < 1.29 is 19.1 Å². The minimum Gasteiger partial charge on any atom is -0.485 e. The number of carbonyl (C=O) groups is 2. The molecular formula is C32H34ClN3O4S. The van der Waals surface area contributed by atoms with E-state index in [2.05, 4.69) is 16.7 Å². The monoisotopic (exact) mass is 591 g/mol. The molecule has 0 saturated carbocycles. The minimum absolute atomic E-state index is 0.0120. The molecule has 0 atom stereocenters. The number of aryl methyl sites for hydroxylation is 1. The predicted molar refractivity (Wildman–Crippen MR) is 161 cm³/mol. The lowest BCUT2D eigenvalue weighted by atomic mass is 9.96. The van der Waals surface area contributed by atoms with Gasteiger partial charge in [0, 0.05) is 30.7 Å². The Labute approximate surface area is 249 Å². The number of amides is 1. The van der Waals surface area contributed by atoms with E-state index >= 15 is 0 Å². The Kier molecular flexibility index (Phi) is 9.42. The third-order valence-electron chi connectivity index (χ3n) is 7.47. The van der Waals surface area contributed by atoms with Crippen LogP contribution in [0.5, 0.6) is 5.75 Å². The number of likely N-dealkylation sites (tertiary alicyclic amines) is 1. The Morgan fingerprint density at radius 2 is 1.80 bits per heavy atom. The zero-order valence-corrected chi connectivity index (χ0v) is 24.9. The van der Waals surface area contributed by atoms with Gasteiger partial charge in [-0.25, -0.2) is 4.98 Å². The molecule has 0 bridgehead atoms. The van der Waals surface area contributed by atoms with Crippen LogP contribution >= 0.6 is 22.9 Å². The molecule has 0 N–H and O–H groups in total. The highest BCUT2D eigenvalue weighted by Crippen LogP contribution is 2.31. The lowest BCUT2D eigenvalue weighted by Crippen LogP contribution is -2.40. The number of thiazole rings is 1. The maximum atomic E-state index is 13.7. The van der Waals surface area contributed by atoms with Gasteiger partial charge >= 0.3 is 5.97 Å². The van der Waals surface area contributed by atoms with Gasteiger partial charge < -0.3 is 18.9 Å². The van der Waals surface area contributed by atoms with Gasteiger partial charge in [-0.05, 0) is 56.9 Å². The molecule has 1 aliphatic heterocycles. The molecule has 5 rings (SSSR count). The van der Waals surface area contributed by atoms with Gasteiger partial charge in [0.1, 0.15) is 17.4 Å². The number of carbonyl (C=O) groups excluding carboxylic acids is 2. The predicted octanol–water partition coefficient (Wildman–Crippen LogP) is 6.81. The summed E-state index contributed by atoms with van der Waals surface area (Å²) in [5.74, 6) is 0.296. The number of ether oxygens (including phenoxy) is 2. The molecule has 41 heavy (non-hydrogen) atoms. The Balaban J connectivity index is 1.37. The molecule has 0 unspecified atom stereocenters. The summed E-state index contributed by atoms with van der Waals surface area (Å²) in [6.07, 6.45) is 2.06. The fourth-order valence-corrected chi connectivity index (χ4v) is 6.08. The highest BCUT2D eigenvalue weighted by Gasteiger charge is 2.30. The largest absolute Gasteiger partial charge is 0.485 e. The van der Waals surface area contributed by atoms with Crippen LogP contribution in [0.2, 0.25) is 5.02 Å². The lowest BCUT2D eigenvalue weighted by Gasteiger charge is -2.31. The first-order valence-electron chi connectivity index (χ1n) is 14.0. The van der Waals surface area contributed by atoms with E-state index in [-0.39, 0.29) is 17.8 Å². The molecule has 2 aromatic heterocycles. The van der Waals surface area contributed by atoms with Crippen LogP contribution < -0.4 is 4.74 Å². The Morgan fingerprint density at radius 1 is 1.07 bits per heavy atom. The van der Waals surface area contributed by atoms with Gasteiger partial charge in [-0.3, -0.25) is 9.59 Å². The van der Waals surface area contributed by atoms with Crippen molar-refractivity contribution in [1.82, 2.24) is 14.5 Å². The summed E-state index contributed by atoms with van der Waals surface area (Å²) >= 11 is 7.76. The summed E-state index contributed by atoms with van der Waals surface area (Å²) in [7, 11) is 0. The molecule has 4 aromatic rings. The lowest BCUT2D eigenvalue weighted by molar-refractivity contribution is -0.149. The van der Waals surface area contributed by atoms with Gasteiger partial charge in [0.15, 0.2) is 0 Å². The molecule has 0 radical (unpaired) electrons. The quantitative estimate of drug-likeness (QED) is 0.189. The number of hydrogen-bond acceptors (Lipinski definition) is 6. The average Bonchev–Trinajstić information content (AvgIpc) is 3.60. The van der Waals surface area contributed by atoms with Crippen molar-refractivity contribution in [1.29, 1.82) is 0 Å². The summed E-state index contributed by atoms with van der Waals surface area (Å²) in [5, 5.41) is 3.39. The van der Waals surface area contributed by atoms with Crippen molar-refractivity contribution >= 4 is 34.8 Å². The maximum Gasteiger partial charge on any atom is 0.309 e. The highest BCUT2D eigenvalue weighted by molar-refractivity contribution is 7.09. The van der Waals surface area contributed by atoms with Gasteiger partial charge in [0.2, 0.25) is 0 Å². The maximum absolute atomic E-state index is 13.7. The summed E-state index contributed by atoms with van der Waals surface area (Å²) in [5.41, 5.74) is 4.53. The van der Waals surface area contributed by atoms with E-state index in [1.807, 2.05) is 66.6 Å². The van der Waals surface area contributed by atoms with Gasteiger partial charge in [0.25, 0.3) is 5.91 Å². The van der Waals surface area contributed by atoms with Gasteiger partial charge in [0.05, 0.1) is 34.5 Å². The van der Waals surface area contributed by atoms with Gasteiger partial charge in [-0.15, -0.1) is 11.3 Å². The normalized spacial score (nSPS) is 13.8. The SMILES string of the molecule is CCOC(=O)C1CCN(C(=O)c2cc(-c3csc(COc4ccccc4Cl)n3)n(CCc3ccccc3)c2C)CC1. The Bertz CT molecular complexity index is 1490. The molecule has 2 aromatic carbocycles. The fourth-order valence-electron chi connectivity index (χ4n) is 5.19. The molecule has 0 spiro atoms. The Hall–Kier alpha value is -3.62. The third kappa shape index (κ3) is 6.82. The van der Waals surface area contributed by atoms with Crippen molar-refractivity contribution in [2.24, 2.45) is 5.92 Å². The van der Waals surface area contributed by atoms with Crippen LogP contribution in [-0.4, -0.2) is 46.0 Å². The molecule has 7 nitrogen and oxygen atoms in total. The number of hydrogen-bond donors (Lipinski definition) is 0. The van der Waals surface area contributed by atoms with Crippen LogP contribution in [0.25, 0.3) is 11.4 Å². The van der Waals surface area contributed by atoms with E-state index in [0.29, 0.717) is 62.0 Å². The van der Waals surface area contributed by atoms with E-state index < -0.39 is 0 Å². The van der Waals surface area contributed by atoms with E-state index in [9.17, 15) is 9.59 Å². The first-order valence-corrected chi connectivity index (χ1v) is 15.2.